The molecule has 1 aromatic rings. The number of rotatable bonds is 1. The molecule has 1 aliphatic heterocycles. The molecule has 64 valence electrons. The molecule has 2 rings (SSSR count). The zero-order valence-corrected chi connectivity index (χ0v) is 7.64. The minimum absolute atomic E-state index is 0.558. The van der Waals surface area contributed by atoms with Crippen molar-refractivity contribution in [1.82, 2.24) is 5.32 Å². The standard InChI is InChI=1S/C10H12ClN/c11-9-5-3-8(4-6-9)10-2-1-7-12-10/h3-6,10,12H,1-2,7H2/t10-/m1/s1. The van der Waals surface area contributed by atoms with E-state index >= 15 is 0 Å². The minimum atomic E-state index is 0.558. The van der Waals surface area contributed by atoms with Crippen LogP contribution in [0.5, 0.6) is 0 Å². The predicted molar refractivity (Wildman–Crippen MR) is 51.4 cm³/mol. The topological polar surface area (TPSA) is 12.0 Å². The van der Waals surface area contributed by atoms with Crippen molar-refractivity contribution >= 4 is 11.6 Å². The molecule has 1 fully saturated rings. The van der Waals surface area contributed by atoms with Crippen LogP contribution in [0.2, 0.25) is 5.02 Å². The van der Waals surface area contributed by atoms with Gasteiger partial charge in [0.05, 0.1) is 0 Å². The monoisotopic (exact) mass is 181 g/mol. The van der Waals surface area contributed by atoms with Gasteiger partial charge in [0.15, 0.2) is 0 Å². The fourth-order valence-electron chi connectivity index (χ4n) is 1.66. The van der Waals surface area contributed by atoms with Crippen LogP contribution in [0.15, 0.2) is 24.3 Å². The molecule has 0 radical (unpaired) electrons. The number of benzene rings is 1. The smallest absolute Gasteiger partial charge is 0.0406 e. The lowest BCUT2D eigenvalue weighted by Crippen LogP contribution is -2.12. The van der Waals surface area contributed by atoms with Gasteiger partial charge in [-0.2, -0.15) is 0 Å². The molecule has 0 aliphatic carbocycles. The molecule has 0 aromatic heterocycles. The SMILES string of the molecule is Clc1ccc([C@H]2CCCN2)cc1. The van der Waals surface area contributed by atoms with Crippen molar-refractivity contribution in [2.24, 2.45) is 0 Å². The van der Waals surface area contributed by atoms with Crippen molar-refractivity contribution in [3.8, 4) is 0 Å². The van der Waals surface area contributed by atoms with E-state index < -0.39 is 0 Å². The van der Waals surface area contributed by atoms with Gasteiger partial charge in [-0.3, -0.25) is 0 Å². The van der Waals surface area contributed by atoms with Crippen LogP contribution in [0.1, 0.15) is 24.4 Å². The average molecular weight is 182 g/mol. The van der Waals surface area contributed by atoms with E-state index in [0.29, 0.717) is 6.04 Å². The maximum absolute atomic E-state index is 5.80. The Morgan fingerprint density at radius 1 is 1.25 bits per heavy atom. The van der Waals surface area contributed by atoms with Crippen molar-refractivity contribution in [3.63, 3.8) is 0 Å². The molecule has 0 spiro atoms. The van der Waals surface area contributed by atoms with E-state index in [1.54, 1.807) is 0 Å². The first-order chi connectivity index (χ1) is 5.86. The van der Waals surface area contributed by atoms with Crippen LogP contribution in [0.4, 0.5) is 0 Å². The van der Waals surface area contributed by atoms with Crippen molar-refractivity contribution < 1.29 is 0 Å². The minimum Gasteiger partial charge on any atom is -0.310 e. The summed E-state index contributed by atoms with van der Waals surface area (Å²) in [5.41, 5.74) is 1.36. The third-order valence-corrected chi connectivity index (χ3v) is 2.58. The highest BCUT2D eigenvalue weighted by molar-refractivity contribution is 6.30. The summed E-state index contributed by atoms with van der Waals surface area (Å²) in [6.07, 6.45) is 2.54. The van der Waals surface area contributed by atoms with E-state index in [-0.39, 0.29) is 0 Å². The fraction of sp³-hybridized carbons (Fsp3) is 0.400. The van der Waals surface area contributed by atoms with Gasteiger partial charge in [0, 0.05) is 11.1 Å². The third-order valence-electron chi connectivity index (χ3n) is 2.33. The molecule has 1 nitrogen and oxygen atoms in total. The van der Waals surface area contributed by atoms with Crippen molar-refractivity contribution in [3.05, 3.63) is 34.9 Å². The van der Waals surface area contributed by atoms with E-state index in [4.69, 9.17) is 11.6 Å². The Morgan fingerprint density at radius 3 is 2.58 bits per heavy atom. The maximum Gasteiger partial charge on any atom is 0.0406 e. The lowest BCUT2D eigenvalue weighted by molar-refractivity contribution is 0.648. The first-order valence-electron chi connectivity index (χ1n) is 4.35. The van der Waals surface area contributed by atoms with Gasteiger partial charge in [-0.05, 0) is 37.1 Å². The molecule has 0 bridgehead atoms. The van der Waals surface area contributed by atoms with E-state index in [0.717, 1.165) is 11.6 Å². The van der Waals surface area contributed by atoms with E-state index in [1.165, 1.54) is 18.4 Å². The fourth-order valence-corrected chi connectivity index (χ4v) is 1.79. The Labute approximate surface area is 77.7 Å². The molecule has 0 amide bonds. The molecule has 0 unspecified atom stereocenters. The van der Waals surface area contributed by atoms with Gasteiger partial charge >= 0.3 is 0 Å². The van der Waals surface area contributed by atoms with Gasteiger partial charge in [-0.15, -0.1) is 0 Å². The molecule has 1 N–H and O–H groups in total. The average Bonchev–Trinajstić information content (AvgIpc) is 2.58. The largest absolute Gasteiger partial charge is 0.310 e. The van der Waals surface area contributed by atoms with Crippen molar-refractivity contribution in [1.29, 1.82) is 0 Å². The van der Waals surface area contributed by atoms with Gasteiger partial charge in [0.25, 0.3) is 0 Å². The van der Waals surface area contributed by atoms with Crippen LogP contribution in [-0.2, 0) is 0 Å². The Kier molecular flexibility index (Phi) is 2.33. The lowest BCUT2D eigenvalue weighted by atomic mass is 10.1. The van der Waals surface area contributed by atoms with Gasteiger partial charge in [-0.1, -0.05) is 23.7 Å². The van der Waals surface area contributed by atoms with E-state index in [9.17, 15) is 0 Å². The molecule has 2 heteroatoms. The van der Waals surface area contributed by atoms with Crippen LogP contribution in [0.25, 0.3) is 0 Å². The Hall–Kier alpha value is -0.530. The number of hydrogen-bond donors (Lipinski definition) is 1. The maximum atomic E-state index is 5.80. The van der Waals surface area contributed by atoms with Crippen LogP contribution in [0.3, 0.4) is 0 Å². The van der Waals surface area contributed by atoms with Crippen LogP contribution >= 0.6 is 11.6 Å². The molecular formula is C10H12ClN. The molecule has 1 saturated heterocycles. The summed E-state index contributed by atoms with van der Waals surface area (Å²) in [6.45, 7) is 1.15. The molecule has 1 heterocycles. The summed E-state index contributed by atoms with van der Waals surface area (Å²) in [5.74, 6) is 0. The summed E-state index contributed by atoms with van der Waals surface area (Å²) >= 11 is 5.80. The zero-order valence-electron chi connectivity index (χ0n) is 6.89. The first-order valence-corrected chi connectivity index (χ1v) is 4.73. The molecule has 0 saturated carbocycles. The highest BCUT2D eigenvalue weighted by Gasteiger charge is 2.15. The van der Waals surface area contributed by atoms with E-state index in [1.807, 2.05) is 12.1 Å². The lowest BCUT2D eigenvalue weighted by Gasteiger charge is -2.09. The van der Waals surface area contributed by atoms with Crippen LogP contribution < -0.4 is 5.32 Å². The zero-order chi connectivity index (χ0) is 8.39. The number of hydrogen-bond acceptors (Lipinski definition) is 1. The van der Waals surface area contributed by atoms with Gasteiger partial charge in [-0.25, -0.2) is 0 Å². The summed E-state index contributed by atoms with van der Waals surface area (Å²) in [7, 11) is 0. The Balaban J connectivity index is 2.17. The number of halogens is 1. The second-order valence-corrected chi connectivity index (χ2v) is 3.64. The highest BCUT2D eigenvalue weighted by atomic mass is 35.5. The summed E-state index contributed by atoms with van der Waals surface area (Å²) < 4.78 is 0. The third kappa shape index (κ3) is 1.62. The second-order valence-electron chi connectivity index (χ2n) is 3.20. The quantitative estimate of drug-likeness (QED) is 0.703. The molecular weight excluding hydrogens is 170 g/mol. The molecule has 12 heavy (non-hydrogen) atoms. The molecule has 1 aromatic carbocycles. The predicted octanol–water partition coefficient (Wildman–Crippen LogP) is 2.76. The van der Waals surface area contributed by atoms with Gasteiger partial charge < -0.3 is 5.32 Å². The van der Waals surface area contributed by atoms with Crippen LogP contribution in [-0.4, -0.2) is 6.54 Å². The van der Waals surface area contributed by atoms with Gasteiger partial charge in [0.1, 0.15) is 0 Å². The molecule has 1 atom stereocenters. The summed E-state index contributed by atoms with van der Waals surface area (Å²) in [5, 5.41) is 4.27. The Morgan fingerprint density at radius 2 is 2.00 bits per heavy atom. The normalized spacial score (nSPS) is 22.9. The Bertz CT molecular complexity index is 249. The van der Waals surface area contributed by atoms with E-state index in [2.05, 4.69) is 17.4 Å². The number of nitrogens with one attached hydrogen (secondary N) is 1. The van der Waals surface area contributed by atoms with Crippen LogP contribution in [0, 0.1) is 0 Å². The van der Waals surface area contributed by atoms with Crippen molar-refractivity contribution in [2.45, 2.75) is 18.9 Å². The molecule has 1 aliphatic rings. The summed E-state index contributed by atoms with van der Waals surface area (Å²) in [6, 6.07) is 8.67. The second kappa shape index (κ2) is 3.46. The first kappa shape index (κ1) is 8.09. The van der Waals surface area contributed by atoms with Crippen molar-refractivity contribution in [2.75, 3.05) is 6.54 Å². The van der Waals surface area contributed by atoms with Gasteiger partial charge in [0.2, 0.25) is 0 Å². The highest BCUT2D eigenvalue weighted by Crippen LogP contribution is 2.23. The summed E-state index contributed by atoms with van der Waals surface area (Å²) in [4.78, 5) is 0.